The number of nitrogens with zero attached hydrogens (tertiary/aromatic N) is 5. The SMILES string of the molecule is COc1cccc(Cn2cc(C3N(C)C(=O)c4ccccc4N3C)nn2)c1. The molecule has 0 saturated heterocycles. The summed E-state index contributed by atoms with van der Waals surface area (Å²) >= 11 is 0. The van der Waals surface area contributed by atoms with Crippen LogP contribution in [0.3, 0.4) is 0 Å². The third-order valence-electron chi connectivity index (χ3n) is 4.87. The fourth-order valence-corrected chi connectivity index (χ4v) is 3.52. The second-order valence-corrected chi connectivity index (χ2v) is 6.61. The molecule has 0 N–H and O–H groups in total. The number of hydrogen-bond donors (Lipinski definition) is 0. The number of methoxy groups -OCH3 is 1. The van der Waals surface area contributed by atoms with Crippen molar-refractivity contribution in [3.05, 3.63) is 71.5 Å². The Labute approximate surface area is 157 Å². The number of hydrogen-bond acceptors (Lipinski definition) is 5. The molecule has 1 aliphatic heterocycles. The van der Waals surface area contributed by atoms with Gasteiger partial charge in [0, 0.05) is 14.1 Å². The van der Waals surface area contributed by atoms with Crippen molar-refractivity contribution in [3.63, 3.8) is 0 Å². The summed E-state index contributed by atoms with van der Waals surface area (Å²) in [5.41, 5.74) is 3.39. The van der Waals surface area contributed by atoms with Crippen LogP contribution in [0.1, 0.15) is 27.8 Å². The molecule has 0 radical (unpaired) electrons. The van der Waals surface area contributed by atoms with Crippen LogP contribution < -0.4 is 9.64 Å². The van der Waals surface area contributed by atoms with E-state index in [9.17, 15) is 4.79 Å². The van der Waals surface area contributed by atoms with Crippen LogP contribution in [-0.2, 0) is 6.54 Å². The first kappa shape index (κ1) is 17.1. The number of carbonyl (C=O) groups excluding carboxylic acids is 1. The van der Waals surface area contributed by atoms with E-state index in [0.29, 0.717) is 12.1 Å². The molecule has 3 aromatic rings. The second kappa shape index (κ2) is 6.75. The van der Waals surface area contributed by atoms with Gasteiger partial charge in [-0.1, -0.05) is 29.5 Å². The lowest BCUT2D eigenvalue weighted by atomic mass is 10.1. The van der Waals surface area contributed by atoms with E-state index in [1.54, 1.807) is 23.7 Å². The number of benzene rings is 2. The van der Waals surface area contributed by atoms with Crippen molar-refractivity contribution in [3.8, 4) is 5.75 Å². The Morgan fingerprint density at radius 2 is 1.89 bits per heavy atom. The van der Waals surface area contributed by atoms with Gasteiger partial charge in [-0.2, -0.15) is 0 Å². The summed E-state index contributed by atoms with van der Waals surface area (Å²) in [4.78, 5) is 16.5. The van der Waals surface area contributed by atoms with Gasteiger partial charge >= 0.3 is 0 Å². The van der Waals surface area contributed by atoms with E-state index in [-0.39, 0.29) is 12.1 Å². The minimum atomic E-state index is -0.300. The number of anilines is 1. The second-order valence-electron chi connectivity index (χ2n) is 6.61. The highest BCUT2D eigenvalue weighted by Gasteiger charge is 2.35. The molecule has 1 aromatic heterocycles. The number of fused-ring (bicyclic) bond motifs is 1. The van der Waals surface area contributed by atoms with Crippen molar-refractivity contribution in [2.75, 3.05) is 26.1 Å². The van der Waals surface area contributed by atoms with Crippen molar-refractivity contribution in [1.82, 2.24) is 19.9 Å². The highest BCUT2D eigenvalue weighted by atomic mass is 16.5. The standard InChI is InChI=1S/C20H21N5O2/c1-23-18-10-5-4-9-16(18)20(26)24(2)19(23)17-13-25(22-21-17)12-14-7-6-8-15(11-14)27-3/h4-11,13,19H,12H2,1-3H3. The third kappa shape index (κ3) is 3.01. The molecular formula is C20H21N5O2. The number of amides is 1. The lowest BCUT2D eigenvalue weighted by Gasteiger charge is -2.40. The van der Waals surface area contributed by atoms with E-state index in [2.05, 4.69) is 15.2 Å². The zero-order chi connectivity index (χ0) is 19.0. The van der Waals surface area contributed by atoms with Crippen LogP contribution in [0.25, 0.3) is 0 Å². The van der Waals surface area contributed by atoms with Crippen molar-refractivity contribution in [2.45, 2.75) is 12.7 Å². The van der Waals surface area contributed by atoms with Gasteiger partial charge in [0.15, 0.2) is 6.17 Å². The molecule has 1 aliphatic rings. The summed E-state index contributed by atoms with van der Waals surface area (Å²) in [6, 6.07) is 15.5. The first-order valence-electron chi connectivity index (χ1n) is 8.70. The highest BCUT2D eigenvalue weighted by molar-refractivity contribution is 6.01. The molecule has 0 spiro atoms. The molecule has 7 nitrogen and oxygen atoms in total. The van der Waals surface area contributed by atoms with Crippen molar-refractivity contribution < 1.29 is 9.53 Å². The van der Waals surface area contributed by atoms with Gasteiger partial charge in [0.25, 0.3) is 5.91 Å². The molecule has 27 heavy (non-hydrogen) atoms. The summed E-state index contributed by atoms with van der Waals surface area (Å²) < 4.78 is 7.04. The largest absolute Gasteiger partial charge is 0.497 e. The van der Waals surface area contributed by atoms with Crippen molar-refractivity contribution >= 4 is 11.6 Å². The molecule has 0 aliphatic carbocycles. The van der Waals surface area contributed by atoms with Crippen LogP contribution in [0.4, 0.5) is 5.69 Å². The lowest BCUT2D eigenvalue weighted by molar-refractivity contribution is 0.0707. The van der Waals surface area contributed by atoms with E-state index in [0.717, 1.165) is 22.7 Å². The molecule has 138 valence electrons. The quantitative estimate of drug-likeness (QED) is 0.713. The minimum Gasteiger partial charge on any atom is -0.497 e. The summed E-state index contributed by atoms with van der Waals surface area (Å²) in [6.07, 6.45) is 1.59. The van der Waals surface area contributed by atoms with Gasteiger partial charge < -0.3 is 14.5 Å². The fourth-order valence-electron chi connectivity index (χ4n) is 3.52. The summed E-state index contributed by atoms with van der Waals surface area (Å²) in [5, 5.41) is 8.59. The molecule has 0 saturated carbocycles. The van der Waals surface area contributed by atoms with Gasteiger partial charge in [-0.3, -0.25) is 4.79 Å². The van der Waals surface area contributed by atoms with Crippen LogP contribution in [0.15, 0.2) is 54.7 Å². The topological polar surface area (TPSA) is 63.5 Å². The van der Waals surface area contributed by atoms with Gasteiger partial charge in [0.1, 0.15) is 11.4 Å². The Kier molecular flexibility index (Phi) is 4.27. The van der Waals surface area contributed by atoms with Gasteiger partial charge in [-0.25, -0.2) is 4.68 Å². The maximum Gasteiger partial charge on any atom is 0.257 e. The molecular weight excluding hydrogens is 342 g/mol. The predicted octanol–water partition coefficient (Wildman–Crippen LogP) is 2.56. The molecule has 1 amide bonds. The molecule has 0 bridgehead atoms. The monoisotopic (exact) mass is 363 g/mol. The molecule has 0 fully saturated rings. The van der Waals surface area contributed by atoms with Gasteiger partial charge in [-0.05, 0) is 29.8 Å². The fraction of sp³-hybridized carbons (Fsp3) is 0.250. The summed E-state index contributed by atoms with van der Waals surface area (Å²) in [7, 11) is 5.41. The van der Waals surface area contributed by atoms with Gasteiger partial charge in [0.05, 0.1) is 31.1 Å². The average molecular weight is 363 g/mol. The number of para-hydroxylation sites is 1. The van der Waals surface area contributed by atoms with Gasteiger partial charge in [-0.15, -0.1) is 5.10 Å². The van der Waals surface area contributed by atoms with E-state index in [1.165, 1.54) is 0 Å². The van der Waals surface area contributed by atoms with E-state index in [4.69, 9.17) is 4.74 Å². The smallest absolute Gasteiger partial charge is 0.257 e. The van der Waals surface area contributed by atoms with Crippen LogP contribution >= 0.6 is 0 Å². The van der Waals surface area contributed by atoms with Crippen molar-refractivity contribution in [1.29, 1.82) is 0 Å². The number of ether oxygens (including phenoxy) is 1. The molecule has 1 atom stereocenters. The zero-order valence-electron chi connectivity index (χ0n) is 15.5. The highest BCUT2D eigenvalue weighted by Crippen LogP contribution is 2.35. The minimum absolute atomic E-state index is 0.0176. The number of rotatable bonds is 4. The summed E-state index contributed by atoms with van der Waals surface area (Å²) in [5.74, 6) is 0.790. The maximum absolute atomic E-state index is 12.7. The Morgan fingerprint density at radius 1 is 1.07 bits per heavy atom. The first-order chi connectivity index (χ1) is 13.1. The molecule has 7 heteroatoms. The third-order valence-corrected chi connectivity index (χ3v) is 4.87. The first-order valence-corrected chi connectivity index (χ1v) is 8.70. The Bertz CT molecular complexity index is 984. The lowest BCUT2D eigenvalue weighted by Crippen LogP contribution is -2.45. The van der Waals surface area contributed by atoms with Crippen molar-refractivity contribution in [2.24, 2.45) is 0 Å². The van der Waals surface area contributed by atoms with Crippen LogP contribution in [0.5, 0.6) is 5.75 Å². The molecule has 4 rings (SSSR count). The Hall–Kier alpha value is -3.35. The maximum atomic E-state index is 12.7. The molecule has 1 unspecified atom stereocenters. The Morgan fingerprint density at radius 3 is 2.70 bits per heavy atom. The van der Waals surface area contributed by atoms with Crippen LogP contribution in [0.2, 0.25) is 0 Å². The van der Waals surface area contributed by atoms with E-state index < -0.39 is 0 Å². The van der Waals surface area contributed by atoms with E-state index >= 15 is 0 Å². The zero-order valence-corrected chi connectivity index (χ0v) is 15.5. The van der Waals surface area contributed by atoms with Crippen LogP contribution in [-0.4, -0.2) is 47.0 Å². The average Bonchev–Trinajstić information content (AvgIpc) is 3.14. The number of carbonyl (C=O) groups is 1. The normalized spacial score (nSPS) is 16.4. The Balaban J connectivity index is 1.62. The van der Waals surface area contributed by atoms with Gasteiger partial charge in [0.2, 0.25) is 0 Å². The summed E-state index contributed by atoms with van der Waals surface area (Å²) in [6.45, 7) is 0.578. The van der Waals surface area contributed by atoms with E-state index in [1.807, 2.05) is 61.8 Å². The molecule has 2 aromatic carbocycles. The predicted molar refractivity (Wildman–Crippen MR) is 102 cm³/mol. The number of aromatic nitrogens is 3. The molecule has 2 heterocycles. The van der Waals surface area contributed by atoms with Crippen LogP contribution in [0, 0.1) is 0 Å².